The maximum absolute atomic E-state index is 14.1. The Morgan fingerprint density at radius 1 is 1.12 bits per heavy atom. The van der Waals surface area contributed by atoms with Crippen molar-refractivity contribution in [2.45, 2.75) is 31.7 Å². The quantitative estimate of drug-likeness (QED) is 0.820. The van der Waals surface area contributed by atoms with Gasteiger partial charge in [0.05, 0.1) is 6.67 Å². The SMILES string of the molecule is Fc1cc(F)c(CC2CCCN3CC4=CCC=CN4N2C3)c(F)c1. The average Bonchev–Trinajstić information content (AvgIpc) is 2.71. The van der Waals surface area contributed by atoms with E-state index >= 15 is 0 Å². The summed E-state index contributed by atoms with van der Waals surface area (Å²) in [5.41, 5.74) is 1.20. The second-order valence-corrected chi connectivity index (χ2v) is 6.64. The zero-order chi connectivity index (χ0) is 16.7. The maximum Gasteiger partial charge on any atom is 0.132 e. The minimum atomic E-state index is -0.872. The molecule has 1 aromatic rings. The molecule has 0 N–H and O–H groups in total. The zero-order valence-electron chi connectivity index (χ0n) is 13.4. The van der Waals surface area contributed by atoms with Gasteiger partial charge in [-0.3, -0.25) is 9.91 Å². The lowest BCUT2D eigenvalue weighted by Gasteiger charge is -2.47. The van der Waals surface area contributed by atoms with Crippen molar-refractivity contribution in [2.75, 3.05) is 19.8 Å². The van der Waals surface area contributed by atoms with Crippen LogP contribution < -0.4 is 0 Å². The number of halogens is 3. The molecule has 3 heterocycles. The number of hydrogen-bond donors (Lipinski definition) is 0. The third kappa shape index (κ3) is 2.84. The molecular formula is C18H20F3N3. The van der Waals surface area contributed by atoms with Gasteiger partial charge in [0.15, 0.2) is 0 Å². The van der Waals surface area contributed by atoms with Gasteiger partial charge in [-0.2, -0.15) is 5.01 Å². The third-order valence-corrected chi connectivity index (χ3v) is 5.02. The first-order valence-corrected chi connectivity index (χ1v) is 8.39. The molecule has 2 bridgehead atoms. The number of hydrogen-bond acceptors (Lipinski definition) is 3. The summed E-state index contributed by atoms with van der Waals surface area (Å²) in [6, 6.07) is 1.52. The van der Waals surface area contributed by atoms with Gasteiger partial charge >= 0.3 is 0 Å². The lowest BCUT2D eigenvalue weighted by Crippen LogP contribution is -2.56. The highest BCUT2D eigenvalue weighted by Gasteiger charge is 2.35. The van der Waals surface area contributed by atoms with Crippen LogP contribution >= 0.6 is 0 Å². The van der Waals surface area contributed by atoms with E-state index in [-0.39, 0.29) is 18.0 Å². The Hall–Kier alpha value is -1.79. The van der Waals surface area contributed by atoms with Crippen molar-refractivity contribution in [2.24, 2.45) is 0 Å². The van der Waals surface area contributed by atoms with Crippen LogP contribution in [-0.2, 0) is 6.42 Å². The summed E-state index contributed by atoms with van der Waals surface area (Å²) in [6.45, 7) is 2.64. The normalized spacial score (nSPS) is 29.0. The molecule has 0 saturated carbocycles. The molecule has 2 fully saturated rings. The van der Waals surface area contributed by atoms with E-state index in [0.29, 0.717) is 0 Å². The van der Waals surface area contributed by atoms with Crippen molar-refractivity contribution in [3.8, 4) is 0 Å². The monoisotopic (exact) mass is 335 g/mol. The highest BCUT2D eigenvalue weighted by Crippen LogP contribution is 2.30. The van der Waals surface area contributed by atoms with Crippen LogP contribution in [0.4, 0.5) is 13.2 Å². The second kappa shape index (κ2) is 6.26. The molecule has 0 aliphatic carbocycles. The van der Waals surface area contributed by atoms with Gasteiger partial charge in [-0.05, 0) is 32.2 Å². The molecule has 1 aromatic carbocycles. The predicted molar refractivity (Wildman–Crippen MR) is 85.0 cm³/mol. The Morgan fingerprint density at radius 2 is 1.92 bits per heavy atom. The maximum atomic E-state index is 14.1. The van der Waals surface area contributed by atoms with Crippen LogP contribution in [0.2, 0.25) is 0 Å². The molecule has 6 heteroatoms. The number of rotatable bonds is 2. The largest absolute Gasteiger partial charge is 0.284 e. The average molecular weight is 335 g/mol. The Kier molecular flexibility index (Phi) is 4.10. The summed E-state index contributed by atoms with van der Waals surface area (Å²) in [6.07, 6.45) is 9.31. The predicted octanol–water partition coefficient (Wildman–Crippen LogP) is 3.40. The van der Waals surface area contributed by atoms with Crippen molar-refractivity contribution >= 4 is 0 Å². The van der Waals surface area contributed by atoms with Crippen LogP contribution in [0, 0.1) is 17.5 Å². The van der Waals surface area contributed by atoms with Crippen molar-refractivity contribution in [3.63, 3.8) is 0 Å². The molecule has 2 saturated heterocycles. The van der Waals surface area contributed by atoms with Crippen molar-refractivity contribution in [1.82, 2.24) is 14.9 Å². The standard InChI is InChI=1S/C18H20F3N3/c19-13-8-17(20)16(18(21)9-13)10-14-5-3-6-22-11-15-4-1-2-7-23(15)24(14)12-22/h2,4,7-9,14H,1,3,5-6,10-12H2. The lowest BCUT2D eigenvalue weighted by molar-refractivity contribution is -0.0621. The molecule has 24 heavy (non-hydrogen) atoms. The van der Waals surface area contributed by atoms with Gasteiger partial charge in [-0.1, -0.05) is 12.2 Å². The number of allylic oxidation sites excluding steroid dienone is 2. The highest BCUT2D eigenvalue weighted by molar-refractivity contribution is 5.23. The smallest absolute Gasteiger partial charge is 0.132 e. The van der Waals surface area contributed by atoms with Crippen molar-refractivity contribution in [3.05, 3.63) is 59.2 Å². The van der Waals surface area contributed by atoms with Gasteiger partial charge in [0.25, 0.3) is 0 Å². The fourth-order valence-corrected chi connectivity index (χ4v) is 3.84. The van der Waals surface area contributed by atoms with Gasteiger partial charge in [0.1, 0.15) is 17.5 Å². The Balaban J connectivity index is 1.64. The second-order valence-electron chi connectivity index (χ2n) is 6.64. The number of fused-ring (bicyclic) bond motifs is 4. The van der Waals surface area contributed by atoms with E-state index in [4.69, 9.17) is 0 Å². The van der Waals surface area contributed by atoms with Gasteiger partial charge in [0, 0.05) is 42.2 Å². The fourth-order valence-electron chi connectivity index (χ4n) is 3.84. The molecule has 3 aliphatic rings. The lowest BCUT2D eigenvalue weighted by atomic mass is 10.0. The van der Waals surface area contributed by atoms with E-state index in [9.17, 15) is 13.2 Å². The molecule has 0 radical (unpaired) electrons. The van der Waals surface area contributed by atoms with Crippen LogP contribution in [-0.4, -0.2) is 40.7 Å². The Morgan fingerprint density at radius 3 is 2.71 bits per heavy atom. The van der Waals surface area contributed by atoms with Gasteiger partial charge in [-0.15, -0.1) is 0 Å². The molecule has 0 spiro atoms. The van der Waals surface area contributed by atoms with E-state index in [0.717, 1.165) is 51.2 Å². The summed E-state index contributed by atoms with van der Waals surface area (Å²) in [5, 5.41) is 4.30. The number of benzene rings is 1. The molecule has 0 amide bonds. The highest BCUT2D eigenvalue weighted by atomic mass is 19.1. The minimum absolute atomic E-state index is 0.0177. The minimum Gasteiger partial charge on any atom is -0.284 e. The summed E-state index contributed by atoms with van der Waals surface area (Å²) < 4.78 is 41.3. The molecule has 3 unspecified atom stereocenters. The van der Waals surface area contributed by atoms with E-state index < -0.39 is 17.5 Å². The van der Waals surface area contributed by atoms with Crippen molar-refractivity contribution < 1.29 is 13.2 Å². The van der Waals surface area contributed by atoms with Crippen LogP contribution in [0.3, 0.4) is 0 Å². The Bertz CT molecular complexity index is 678. The summed E-state index contributed by atoms with van der Waals surface area (Å²) in [5.74, 6) is -2.46. The molecule has 3 atom stereocenters. The van der Waals surface area contributed by atoms with E-state index in [2.05, 4.69) is 27.1 Å². The van der Waals surface area contributed by atoms with E-state index in [1.54, 1.807) is 0 Å². The van der Waals surface area contributed by atoms with Gasteiger partial charge in [-0.25, -0.2) is 13.2 Å². The summed E-state index contributed by atoms with van der Waals surface area (Å²) >= 11 is 0. The molecule has 3 aliphatic heterocycles. The van der Waals surface area contributed by atoms with Crippen LogP contribution in [0.5, 0.6) is 0 Å². The van der Waals surface area contributed by atoms with Gasteiger partial charge in [0.2, 0.25) is 0 Å². The molecule has 4 rings (SSSR count). The van der Waals surface area contributed by atoms with E-state index in [1.165, 1.54) is 5.70 Å². The van der Waals surface area contributed by atoms with E-state index in [1.807, 2.05) is 6.20 Å². The number of hydrazine groups is 1. The summed E-state index contributed by atoms with van der Waals surface area (Å²) in [4.78, 5) is 2.36. The first kappa shape index (κ1) is 15.7. The molecule has 3 nitrogen and oxygen atoms in total. The van der Waals surface area contributed by atoms with Crippen LogP contribution in [0.15, 0.2) is 36.2 Å². The molecular weight excluding hydrogens is 315 g/mol. The first-order chi connectivity index (χ1) is 11.6. The molecule has 0 aromatic heterocycles. The van der Waals surface area contributed by atoms with Crippen molar-refractivity contribution in [1.29, 1.82) is 0 Å². The third-order valence-electron chi connectivity index (χ3n) is 5.02. The summed E-state index contributed by atoms with van der Waals surface area (Å²) in [7, 11) is 0. The molecule has 128 valence electrons. The first-order valence-electron chi connectivity index (χ1n) is 8.39. The van der Waals surface area contributed by atoms with Gasteiger partial charge < -0.3 is 0 Å². The number of nitrogens with zero attached hydrogens (tertiary/aromatic N) is 3. The van der Waals surface area contributed by atoms with Crippen LogP contribution in [0.1, 0.15) is 24.8 Å². The Labute approximate surface area is 139 Å². The fraction of sp³-hybridized carbons (Fsp3) is 0.444. The zero-order valence-corrected chi connectivity index (χ0v) is 13.4. The topological polar surface area (TPSA) is 9.72 Å². The van der Waals surface area contributed by atoms with Crippen LogP contribution in [0.25, 0.3) is 0 Å².